The van der Waals surface area contributed by atoms with E-state index in [2.05, 4.69) is 10.9 Å². The number of nitrogens with zero attached hydrogens (tertiary/aromatic N) is 1. The van der Waals surface area contributed by atoms with Crippen molar-refractivity contribution in [1.29, 1.82) is 0 Å². The van der Waals surface area contributed by atoms with Crippen LogP contribution in [0.5, 0.6) is 5.75 Å². The Hall–Kier alpha value is -2.91. The van der Waals surface area contributed by atoms with Gasteiger partial charge in [0, 0.05) is 24.2 Å². The van der Waals surface area contributed by atoms with Crippen LogP contribution in [-0.4, -0.2) is 44.2 Å². The minimum atomic E-state index is -3.67. The predicted molar refractivity (Wildman–Crippen MR) is 116 cm³/mol. The number of hydrazine groups is 1. The van der Waals surface area contributed by atoms with E-state index >= 15 is 0 Å². The zero-order chi connectivity index (χ0) is 22.3. The van der Waals surface area contributed by atoms with Crippen molar-refractivity contribution >= 4 is 21.8 Å². The lowest BCUT2D eigenvalue weighted by Gasteiger charge is -2.20. The van der Waals surface area contributed by atoms with Gasteiger partial charge in [-0.1, -0.05) is 18.9 Å². The van der Waals surface area contributed by atoms with Crippen LogP contribution >= 0.6 is 0 Å². The van der Waals surface area contributed by atoms with E-state index in [0.29, 0.717) is 31.0 Å². The first-order chi connectivity index (χ1) is 14.9. The van der Waals surface area contributed by atoms with Crippen LogP contribution in [0.3, 0.4) is 0 Å². The smallest absolute Gasteiger partial charge is 0.269 e. The number of sulfonamides is 1. The Kier molecular flexibility index (Phi) is 7.64. The maximum atomic E-state index is 13.0. The van der Waals surface area contributed by atoms with Gasteiger partial charge < -0.3 is 4.74 Å². The predicted octanol–water partition coefficient (Wildman–Crippen LogP) is 2.72. The second-order valence-electron chi connectivity index (χ2n) is 7.21. The number of rotatable bonds is 6. The Labute approximate surface area is 182 Å². The summed E-state index contributed by atoms with van der Waals surface area (Å²) in [5.74, 6) is -0.456. The Balaban J connectivity index is 1.65. The van der Waals surface area contributed by atoms with Gasteiger partial charge in [0.1, 0.15) is 5.75 Å². The van der Waals surface area contributed by atoms with E-state index in [0.717, 1.165) is 25.7 Å². The van der Waals surface area contributed by atoms with Gasteiger partial charge in [-0.3, -0.25) is 20.4 Å². The number of hydrogen-bond acceptors (Lipinski definition) is 5. The lowest BCUT2D eigenvalue weighted by molar-refractivity contribution is 0.0846. The summed E-state index contributed by atoms with van der Waals surface area (Å²) in [6, 6.07) is 12.3. The first kappa shape index (κ1) is 22.8. The summed E-state index contributed by atoms with van der Waals surface area (Å²) in [7, 11) is -3.67. The molecule has 1 heterocycles. The highest BCUT2D eigenvalue weighted by molar-refractivity contribution is 7.89. The average Bonchev–Trinajstić information content (AvgIpc) is 3.08. The molecule has 2 N–H and O–H groups in total. The minimum Gasteiger partial charge on any atom is -0.494 e. The molecule has 0 unspecified atom stereocenters. The molecule has 0 bridgehead atoms. The molecule has 2 aromatic rings. The minimum absolute atomic E-state index is 0.0693. The second kappa shape index (κ2) is 10.4. The molecule has 3 rings (SSSR count). The zero-order valence-electron chi connectivity index (χ0n) is 17.5. The maximum absolute atomic E-state index is 13.0. The number of carbonyl (C=O) groups excluding carboxylic acids is 2. The number of nitrogens with one attached hydrogen (secondary N) is 2. The molecule has 2 amide bonds. The van der Waals surface area contributed by atoms with E-state index in [1.54, 1.807) is 24.3 Å². The molecular weight excluding hydrogens is 418 g/mol. The summed E-state index contributed by atoms with van der Waals surface area (Å²) in [6.07, 6.45) is 3.69. The molecule has 0 spiro atoms. The highest BCUT2D eigenvalue weighted by atomic mass is 32.2. The topological polar surface area (TPSA) is 105 Å². The van der Waals surface area contributed by atoms with Crippen LogP contribution in [0, 0.1) is 0 Å². The molecule has 0 atom stereocenters. The first-order valence-corrected chi connectivity index (χ1v) is 11.8. The van der Waals surface area contributed by atoms with E-state index < -0.39 is 21.8 Å². The Bertz CT molecular complexity index is 1010. The van der Waals surface area contributed by atoms with E-state index in [-0.39, 0.29) is 10.5 Å². The molecule has 9 heteroatoms. The number of carbonyl (C=O) groups is 2. The zero-order valence-corrected chi connectivity index (χ0v) is 18.3. The van der Waals surface area contributed by atoms with Gasteiger partial charge in [0.2, 0.25) is 10.0 Å². The van der Waals surface area contributed by atoms with Crippen LogP contribution in [0.1, 0.15) is 53.3 Å². The van der Waals surface area contributed by atoms with Crippen molar-refractivity contribution in [2.45, 2.75) is 37.5 Å². The largest absolute Gasteiger partial charge is 0.494 e. The fraction of sp³-hybridized carbons (Fsp3) is 0.364. The van der Waals surface area contributed by atoms with Gasteiger partial charge in [-0.25, -0.2) is 8.42 Å². The molecule has 0 aliphatic carbocycles. The Morgan fingerprint density at radius 1 is 0.903 bits per heavy atom. The Morgan fingerprint density at radius 3 is 2.13 bits per heavy atom. The normalized spacial score (nSPS) is 15.0. The fourth-order valence-corrected chi connectivity index (χ4v) is 4.92. The van der Waals surface area contributed by atoms with Crippen molar-refractivity contribution in [3.05, 3.63) is 59.7 Å². The summed E-state index contributed by atoms with van der Waals surface area (Å²) >= 11 is 0. The van der Waals surface area contributed by atoms with Crippen LogP contribution in [0.15, 0.2) is 53.4 Å². The Morgan fingerprint density at radius 2 is 1.52 bits per heavy atom. The van der Waals surface area contributed by atoms with Gasteiger partial charge in [-0.15, -0.1) is 0 Å². The maximum Gasteiger partial charge on any atom is 0.269 e. The van der Waals surface area contributed by atoms with E-state index in [1.807, 2.05) is 6.92 Å². The third-order valence-electron chi connectivity index (χ3n) is 5.02. The lowest BCUT2D eigenvalue weighted by atomic mass is 10.2. The highest BCUT2D eigenvalue weighted by Gasteiger charge is 2.25. The van der Waals surface area contributed by atoms with Gasteiger partial charge >= 0.3 is 0 Å². The molecule has 31 heavy (non-hydrogen) atoms. The van der Waals surface area contributed by atoms with Gasteiger partial charge in [0.05, 0.1) is 11.5 Å². The molecule has 0 saturated carbocycles. The summed E-state index contributed by atoms with van der Waals surface area (Å²) in [5.41, 5.74) is 5.16. The molecule has 8 nitrogen and oxygen atoms in total. The van der Waals surface area contributed by atoms with Gasteiger partial charge in [-0.2, -0.15) is 4.31 Å². The van der Waals surface area contributed by atoms with Crippen LogP contribution in [0.2, 0.25) is 0 Å². The summed E-state index contributed by atoms with van der Waals surface area (Å²) in [6.45, 7) is 3.35. The number of ether oxygens (including phenoxy) is 1. The number of benzene rings is 2. The van der Waals surface area contributed by atoms with Crippen molar-refractivity contribution in [3.8, 4) is 5.75 Å². The van der Waals surface area contributed by atoms with Crippen LogP contribution in [-0.2, 0) is 10.0 Å². The van der Waals surface area contributed by atoms with E-state index in [1.165, 1.54) is 28.6 Å². The van der Waals surface area contributed by atoms with E-state index in [9.17, 15) is 18.0 Å². The molecule has 0 radical (unpaired) electrons. The molecule has 1 saturated heterocycles. The monoisotopic (exact) mass is 445 g/mol. The lowest BCUT2D eigenvalue weighted by Crippen LogP contribution is -2.41. The highest BCUT2D eigenvalue weighted by Crippen LogP contribution is 2.21. The molecule has 2 aromatic carbocycles. The SMILES string of the molecule is CCOc1ccc(C(=O)NNC(=O)c2cccc(S(=O)(=O)N3CCCCCC3)c2)cc1. The summed E-state index contributed by atoms with van der Waals surface area (Å²) in [4.78, 5) is 24.8. The quantitative estimate of drug-likeness (QED) is 0.666. The molecule has 1 fully saturated rings. The van der Waals surface area contributed by atoms with Crippen molar-refractivity contribution in [1.82, 2.24) is 15.2 Å². The van der Waals surface area contributed by atoms with Crippen molar-refractivity contribution in [3.63, 3.8) is 0 Å². The molecule has 0 aromatic heterocycles. The number of amides is 2. The van der Waals surface area contributed by atoms with Crippen molar-refractivity contribution in [2.24, 2.45) is 0 Å². The van der Waals surface area contributed by atoms with Crippen molar-refractivity contribution in [2.75, 3.05) is 19.7 Å². The standard InChI is InChI=1S/C22H27N3O5S/c1-2-30-19-12-10-17(11-13-19)21(26)23-24-22(27)18-8-7-9-20(16-18)31(28,29)25-14-5-3-4-6-15-25/h7-13,16H,2-6,14-15H2,1H3,(H,23,26)(H,24,27). The first-order valence-electron chi connectivity index (χ1n) is 10.4. The van der Waals surface area contributed by atoms with Gasteiger partial charge in [0.15, 0.2) is 0 Å². The summed E-state index contributed by atoms with van der Waals surface area (Å²) < 4.78 is 32.7. The van der Waals surface area contributed by atoms with Crippen LogP contribution < -0.4 is 15.6 Å². The summed E-state index contributed by atoms with van der Waals surface area (Å²) in [5, 5.41) is 0. The number of hydrogen-bond donors (Lipinski definition) is 2. The molecule has 1 aliphatic heterocycles. The van der Waals surface area contributed by atoms with Gasteiger partial charge in [-0.05, 0) is 62.2 Å². The molecular formula is C22H27N3O5S. The second-order valence-corrected chi connectivity index (χ2v) is 9.15. The third-order valence-corrected chi connectivity index (χ3v) is 6.91. The third kappa shape index (κ3) is 5.83. The average molecular weight is 446 g/mol. The van der Waals surface area contributed by atoms with Crippen LogP contribution in [0.25, 0.3) is 0 Å². The van der Waals surface area contributed by atoms with Gasteiger partial charge in [0.25, 0.3) is 11.8 Å². The molecule has 166 valence electrons. The fourth-order valence-electron chi connectivity index (χ4n) is 3.36. The van der Waals surface area contributed by atoms with Crippen molar-refractivity contribution < 1.29 is 22.7 Å². The van der Waals surface area contributed by atoms with E-state index in [4.69, 9.17) is 4.74 Å². The van der Waals surface area contributed by atoms with Crippen LogP contribution in [0.4, 0.5) is 0 Å². The molecule has 1 aliphatic rings.